The number of carbonyl (C=O) groups is 1. The van der Waals surface area contributed by atoms with E-state index < -0.39 is 6.04 Å². The van der Waals surface area contributed by atoms with Crippen LogP contribution in [0.4, 0.5) is 0 Å². The molecule has 1 amide bonds. The molecule has 2 heterocycles. The van der Waals surface area contributed by atoms with E-state index in [0.717, 1.165) is 5.56 Å². The Morgan fingerprint density at radius 2 is 1.88 bits per heavy atom. The van der Waals surface area contributed by atoms with E-state index in [1.54, 1.807) is 6.92 Å². The Morgan fingerprint density at radius 1 is 1.12 bits per heavy atom. The maximum Gasteiger partial charge on any atom is 0.257 e. The molecule has 7 heteroatoms. The Labute approximate surface area is 139 Å². The summed E-state index contributed by atoms with van der Waals surface area (Å²) in [5, 5.41) is 10.5. The number of hydrogen-bond donors (Lipinski definition) is 1. The molecule has 2 aromatic heterocycles. The first-order valence-corrected chi connectivity index (χ1v) is 7.70. The molecule has 0 aliphatic heterocycles. The monoisotopic (exact) mass is 326 g/mol. The summed E-state index contributed by atoms with van der Waals surface area (Å²) in [5.74, 6) is 1.25. The van der Waals surface area contributed by atoms with E-state index >= 15 is 0 Å². The van der Waals surface area contributed by atoms with Crippen LogP contribution >= 0.6 is 0 Å². The highest BCUT2D eigenvalue weighted by Gasteiger charge is 2.22. The molecule has 1 N–H and O–H groups in total. The van der Waals surface area contributed by atoms with Crippen molar-refractivity contribution in [3.63, 3.8) is 0 Å². The molecule has 124 valence electrons. The number of carbonyl (C=O) groups excluding carboxylic acids is 1. The molecule has 1 unspecified atom stereocenters. The van der Waals surface area contributed by atoms with Gasteiger partial charge in [0.2, 0.25) is 5.89 Å². The zero-order chi connectivity index (χ0) is 17.1. The van der Waals surface area contributed by atoms with Crippen LogP contribution in [0.1, 0.15) is 54.8 Å². The van der Waals surface area contributed by atoms with Crippen LogP contribution < -0.4 is 5.32 Å². The zero-order valence-electron chi connectivity index (χ0n) is 13.7. The summed E-state index contributed by atoms with van der Waals surface area (Å²) in [6.07, 6.45) is 1.40. The number of nitrogens with one attached hydrogen (secondary N) is 1. The molecular weight excluding hydrogens is 308 g/mol. The number of rotatable bonds is 5. The van der Waals surface area contributed by atoms with Gasteiger partial charge < -0.3 is 14.4 Å². The van der Waals surface area contributed by atoms with Crippen molar-refractivity contribution in [3.8, 4) is 11.3 Å². The molecule has 0 aliphatic carbocycles. The fourth-order valence-electron chi connectivity index (χ4n) is 2.19. The summed E-state index contributed by atoms with van der Waals surface area (Å²) in [7, 11) is 0. The lowest BCUT2D eigenvalue weighted by molar-refractivity contribution is 0.0932. The number of aromatic nitrogens is 3. The Kier molecular flexibility index (Phi) is 4.41. The first-order chi connectivity index (χ1) is 11.6. The van der Waals surface area contributed by atoms with Gasteiger partial charge in [-0.15, -0.1) is 0 Å². The van der Waals surface area contributed by atoms with Crippen LogP contribution in [0.15, 0.2) is 45.6 Å². The summed E-state index contributed by atoms with van der Waals surface area (Å²) in [5.41, 5.74) is 1.14. The maximum atomic E-state index is 12.5. The molecule has 0 aliphatic rings. The van der Waals surface area contributed by atoms with Gasteiger partial charge >= 0.3 is 0 Å². The summed E-state index contributed by atoms with van der Waals surface area (Å²) in [6.45, 7) is 5.73. The van der Waals surface area contributed by atoms with E-state index in [0.29, 0.717) is 23.0 Å². The first kappa shape index (κ1) is 15.9. The minimum atomic E-state index is -0.420. The molecule has 0 bridgehead atoms. The van der Waals surface area contributed by atoms with Crippen LogP contribution in [0.5, 0.6) is 0 Å². The predicted molar refractivity (Wildman–Crippen MR) is 86.2 cm³/mol. The number of benzene rings is 1. The van der Waals surface area contributed by atoms with Gasteiger partial charge in [0.25, 0.3) is 5.91 Å². The van der Waals surface area contributed by atoms with Gasteiger partial charge in [-0.25, -0.2) is 0 Å². The first-order valence-electron chi connectivity index (χ1n) is 7.70. The largest absolute Gasteiger partial charge is 0.355 e. The second-order valence-corrected chi connectivity index (χ2v) is 5.78. The second kappa shape index (κ2) is 6.66. The second-order valence-electron chi connectivity index (χ2n) is 5.78. The van der Waals surface area contributed by atoms with Crippen LogP contribution in [-0.4, -0.2) is 21.2 Å². The molecule has 3 rings (SSSR count). The fourth-order valence-corrected chi connectivity index (χ4v) is 2.19. The van der Waals surface area contributed by atoms with Crippen molar-refractivity contribution >= 4 is 5.91 Å². The van der Waals surface area contributed by atoms with Gasteiger partial charge in [0.15, 0.2) is 11.6 Å². The van der Waals surface area contributed by atoms with Gasteiger partial charge in [-0.05, 0) is 6.92 Å². The fraction of sp³-hybridized carbons (Fsp3) is 0.294. The van der Waals surface area contributed by atoms with E-state index in [9.17, 15) is 4.79 Å². The maximum absolute atomic E-state index is 12.5. The molecule has 0 saturated heterocycles. The van der Waals surface area contributed by atoms with Crippen LogP contribution in [0.3, 0.4) is 0 Å². The quantitative estimate of drug-likeness (QED) is 0.773. The molecule has 0 spiro atoms. The molecule has 0 saturated carbocycles. The standard InChI is InChI=1S/C17H18N4O3/c1-10(2)15-20-17(24-21-15)11(3)19-16(22)13-9-18-23-14(13)12-7-5-4-6-8-12/h4-11H,1-3H3,(H,19,22). The Balaban J connectivity index is 1.77. The molecule has 7 nitrogen and oxygen atoms in total. The Hall–Kier alpha value is -2.96. The van der Waals surface area contributed by atoms with E-state index in [-0.39, 0.29) is 11.8 Å². The molecular formula is C17H18N4O3. The molecule has 1 atom stereocenters. The highest BCUT2D eigenvalue weighted by molar-refractivity contribution is 5.99. The lowest BCUT2D eigenvalue weighted by Crippen LogP contribution is -2.27. The van der Waals surface area contributed by atoms with Crippen LogP contribution in [0, 0.1) is 0 Å². The van der Waals surface area contributed by atoms with Crippen molar-refractivity contribution in [2.24, 2.45) is 0 Å². The Bertz CT molecular complexity index is 823. The molecule has 3 aromatic rings. The van der Waals surface area contributed by atoms with Crippen molar-refractivity contribution in [3.05, 3.63) is 53.8 Å². The normalized spacial score (nSPS) is 12.3. The smallest absolute Gasteiger partial charge is 0.257 e. The molecule has 1 aromatic carbocycles. The van der Waals surface area contributed by atoms with E-state index in [1.807, 2.05) is 44.2 Å². The molecule has 0 fully saturated rings. The van der Waals surface area contributed by atoms with Gasteiger partial charge in [-0.2, -0.15) is 4.98 Å². The highest BCUT2D eigenvalue weighted by Crippen LogP contribution is 2.24. The lowest BCUT2D eigenvalue weighted by atomic mass is 10.1. The van der Waals surface area contributed by atoms with Crippen molar-refractivity contribution < 1.29 is 13.8 Å². The third-order valence-electron chi connectivity index (χ3n) is 3.54. The van der Waals surface area contributed by atoms with Crippen LogP contribution in [0.2, 0.25) is 0 Å². The van der Waals surface area contributed by atoms with Crippen molar-refractivity contribution in [1.82, 2.24) is 20.6 Å². The summed E-state index contributed by atoms with van der Waals surface area (Å²) in [6, 6.07) is 8.92. The van der Waals surface area contributed by atoms with Gasteiger partial charge in [-0.3, -0.25) is 4.79 Å². The third-order valence-corrected chi connectivity index (χ3v) is 3.54. The topological polar surface area (TPSA) is 94.1 Å². The van der Waals surface area contributed by atoms with E-state index in [1.165, 1.54) is 6.20 Å². The van der Waals surface area contributed by atoms with Gasteiger partial charge in [0, 0.05) is 11.5 Å². The molecule has 0 radical (unpaired) electrons. The van der Waals surface area contributed by atoms with E-state index in [4.69, 9.17) is 9.05 Å². The summed E-state index contributed by atoms with van der Waals surface area (Å²) in [4.78, 5) is 16.8. The average Bonchev–Trinajstić information content (AvgIpc) is 3.25. The minimum absolute atomic E-state index is 0.160. The third kappa shape index (κ3) is 3.19. The lowest BCUT2D eigenvalue weighted by Gasteiger charge is -2.09. The summed E-state index contributed by atoms with van der Waals surface area (Å²) < 4.78 is 10.4. The van der Waals surface area contributed by atoms with Gasteiger partial charge in [0.1, 0.15) is 11.6 Å². The number of nitrogens with zero attached hydrogens (tertiary/aromatic N) is 3. The average molecular weight is 326 g/mol. The van der Waals surface area contributed by atoms with Crippen molar-refractivity contribution in [2.75, 3.05) is 0 Å². The Morgan fingerprint density at radius 3 is 2.54 bits per heavy atom. The van der Waals surface area contributed by atoms with Gasteiger partial charge in [0.05, 0.1) is 6.20 Å². The van der Waals surface area contributed by atoms with E-state index in [2.05, 4.69) is 20.6 Å². The number of hydrogen-bond acceptors (Lipinski definition) is 6. The zero-order valence-corrected chi connectivity index (χ0v) is 13.7. The van der Waals surface area contributed by atoms with Crippen molar-refractivity contribution in [2.45, 2.75) is 32.7 Å². The SMILES string of the molecule is CC(C)c1noc(C(C)NC(=O)c2cnoc2-c2ccccc2)n1. The van der Waals surface area contributed by atoms with Crippen LogP contribution in [-0.2, 0) is 0 Å². The molecule has 24 heavy (non-hydrogen) atoms. The van der Waals surface area contributed by atoms with Gasteiger partial charge in [-0.1, -0.05) is 54.5 Å². The number of amides is 1. The predicted octanol–water partition coefficient (Wildman–Crippen LogP) is 3.34. The van der Waals surface area contributed by atoms with Crippen LogP contribution in [0.25, 0.3) is 11.3 Å². The van der Waals surface area contributed by atoms with Crippen molar-refractivity contribution in [1.29, 1.82) is 0 Å². The summed E-state index contributed by atoms with van der Waals surface area (Å²) >= 11 is 0. The highest BCUT2D eigenvalue weighted by atomic mass is 16.5. The minimum Gasteiger partial charge on any atom is -0.355 e.